The molecule has 0 radical (unpaired) electrons. The molecule has 0 atom stereocenters. The molecule has 102 valence electrons. The number of benzene rings is 1. The highest BCUT2D eigenvalue weighted by molar-refractivity contribution is 5.96. The fourth-order valence-electron chi connectivity index (χ4n) is 2.39. The number of nitrogens with zero attached hydrogens (tertiary/aromatic N) is 1. The first-order valence-corrected chi connectivity index (χ1v) is 7.07. The molecule has 0 aromatic heterocycles. The zero-order valence-corrected chi connectivity index (χ0v) is 11.1. The number of ether oxygens (including phenoxy) is 1. The van der Waals surface area contributed by atoms with Gasteiger partial charge in [0.2, 0.25) is 5.91 Å². The summed E-state index contributed by atoms with van der Waals surface area (Å²) < 4.78 is 5.67. The Balaban J connectivity index is 1.66. The highest BCUT2D eigenvalue weighted by Crippen LogP contribution is 2.30. The van der Waals surface area contributed by atoms with Gasteiger partial charge in [-0.1, -0.05) is 12.1 Å². The summed E-state index contributed by atoms with van der Waals surface area (Å²) in [6, 6.07) is 7.78. The van der Waals surface area contributed by atoms with Crippen molar-refractivity contribution >= 4 is 11.6 Å². The van der Waals surface area contributed by atoms with E-state index in [4.69, 9.17) is 4.74 Å². The molecule has 1 heterocycles. The van der Waals surface area contributed by atoms with Gasteiger partial charge in [0.1, 0.15) is 5.75 Å². The first-order chi connectivity index (χ1) is 9.34. The fraction of sp³-hybridized carbons (Fsp3) is 0.533. The van der Waals surface area contributed by atoms with Gasteiger partial charge in [0.05, 0.1) is 18.8 Å². The van der Waals surface area contributed by atoms with Gasteiger partial charge >= 0.3 is 0 Å². The summed E-state index contributed by atoms with van der Waals surface area (Å²) in [4.78, 5) is 14.2. The Hall–Kier alpha value is -1.55. The van der Waals surface area contributed by atoms with Crippen molar-refractivity contribution in [2.24, 2.45) is 5.92 Å². The number of fused-ring (bicyclic) bond motifs is 1. The maximum absolute atomic E-state index is 12.3. The molecule has 1 amide bonds. The van der Waals surface area contributed by atoms with Crippen molar-refractivity contribution in [1.29, 1.82) is 0 Å². The van der Waals surface area contributed by atoms with Crippen molar-refractivity contribution < 1.29 is 9.53 Å². The fourth-order valence-corrected chi connectivity index (χ4v) is 2.39. The SMILES string of the molecule is O=C(CNCC1CC1)N1CCCOc2ccccc21. The van der Waals surface area contributed by atoms with Crippen LogP contribution in [0.25, 0.3) is 0 Å². The molecule has 1 aromatic carbocycles. The normalized spacial score (nSPS) is 18.4. The zero-order chi connectivity index (χ0) is 13.1. The van der Waals surface area contributed by atoms with Crippen LogP contribution >= 0.6 is 0 Å². The van der Waals surface area contributed by atoms with Crippen LogP contribution in [0.5, 0.6) is 5.75 Å². The van der Waals surface area contributed by atoms with Crippen LogP contribution in [-0.2, 0) is 4.79 Å². The number of carbonyl (C=O) groups is 1. The van der Waals surface area contributed by atoms with Gasteiger partial charge in [0, 0.05) is 6.54 Å². The van der Waals surface area contributed by atoms with Crippen LogP contribution in [0.1, 0.15) is 19.3 Å². The van der Waals surface area contributed by atoms with Gasteiger partial charge in [0.15, 0.2) is 0 Å². The molecule has 2 aliphatic rings. The molecule has 0 spiro atoms. The zero-order valence-electron chi connectivity index (χ0n) is 11.1. The number of amides is 1. The van der Waals surface area contributed by atoms with Crippen LogP contribution < -0.4 is 15.0 Å². The largest absolute Gasteiger partial charge is 0.491 e. The lowest BCUT2D eigenvalue weighted by molar-refractivity contribution is -0.117. The van der Waals surface area contributed by atoms with E-state index in [0.717, 1.165) is 36.9 Å². The number of carbonyl (C=O) groups excluding carboxylic acids is 1. The monoisotopic (exact) mass is 260 g/mol. The summed E-state index contributed by atoms with van der Waals surface area (Å²) in [6.07, 6.45) is 3.49. The van der Waals surface area contributed by atoms with Crippen LogP contribution in [-0.4, -0.2) is 32.1 Å². The summed E-state index contributed by atoms with van der Waals surface area (Å²) in [5.41, 5.74) is 0.901. The van der Waals surface area contributed by atoms with Crippen molar-refractivity contribution in [3.8, 4) is 5.75 Å². The van der Waals surface area contributed by atoms with Gasteiger partial charge in [-0.15, -0.1) is 0 Å². The van der Waals surface area contributed by atoms with Crippen LogP contribution in [0.4, 0.5) is 5.69 Å². The molecule has 0 unspecified atom stereocenters. The molecule has 1 aliphatic heterocycles. The van der Waals surface area contributed by atoms with E-state index >= 15 is 0 Å². The van der Waals surface area contributed by atoms with Crippen LogP contribution in [0.15, 0.2) is 24.3 Å². The summed E-state index contributed by atoms with van der Waals surface area (Å²) in [5.74, 6) is 1.75. The lowest BCUT2D eigenvalue weighted by Gasteiger charge is -2.21. The Morgan fingerprint density at radius 2 is 2.21 bits per heavy atom. The molecular formula is C15H20N2O2. The van der Waals surface area contributed by atoms with Gasteiger partial charge in [-0.25, -0.2) is 0 Å². The Morgan fingerprint density at radius 3 is 3.05 bits per heavy atom. The van der Waals surface area contributed by atoms with Crippen LogP contribution in [0.2, 0.25) is 0 Å². The predicted octanol–water partition coefficient (Wildman–Crippen LogP) is 1.80. The lowest BCUT2D eigenvalue weighted by Crippen LogP contribution is -2.39. The standard InChI is InChI=1S/C15H20N2O2/c18-15(11-16-10-12-6-7-12)17-8-3-9-19-14-5-2-1-4-13(14)17/h1-2,4-5,12,16H,3,6-11H2. The maximum Gasteiger partial charge on any atom is 0.241 e. The Kier molecular flexibility index (Phi) is 3.69. The second kappa shape index (κ2) is 5.61. The van der Waals surface area contributed by atoms with E-state index < -0.39 is 0 Å². The van der Waals surface area contributed by atoms with E-state index in [9.17, 15) is 4.79 Å². The first-order valence-electron chi connectivity index (χ1n) is 7.07. The maximum atomic E-state index is 12.3. The summed E-state index contributed by atoms with van der Waals surface area (Å²) in [5, 5.41) is 3.26. The van der Waals surface area contributed by atoms with E-state index in [1.165, 1.54) is 12.8 Å². The predicted molar refractivity (Wildman–Crippen MR) is 74.5 cm³/mol. The van der Waals surface area contributed by atoms with Crippen molar-refractivity contribution in [3.05, 3.63) is 24.3 Å². The number of anilines is 1. The minimum Gasteiger partial charge on any atom is -0.491 e. The van der Waals surface area contributed by atoms with Gasteiger partial charge in [-0.3, -0.25) is 4.79 Å². The highest BCUT2D eigenvalue weighted by Gasteiger charge is 2.23. The number of para-hydroxylation sites is 2. The third-order valence-corrected chi connectivity index (χ3v) is 3.65. The van der Waals surface area contributed by atoms with Gasteiger partial charge in [-0.05, 0) is 43.9 Å². The van der Waals surface area contributed by atoms with E-state index in [2.05, 4.69) is 5.32 Å². The van der Waals surface area contributed by atoms with E-state index in [1.807, 2.05) is 29.2 Å². The molecule has 1 fully saturated rings. The highest BCUT2D eigenvalue weighted by atomic mass is 16.5. The molecule has 1 aliphatic carbocycles. The molecule has 3 rings (SSSR count). The Morgan fingerprint density at radius 1 is 1.37 bits per heavy atom. The lowest BCUT2D eigenvalue weighted by atomic mass is 10.2. The van der Waals surface area contributed by atoms with Gasteiger partial charge in [-0.2, -0.15) is 0 Å². The number of rotatable bonds is 4. The molecule has 1 aromatic rings. The average molecular weight is 260 g/mol. The van der Waals surface area contributed by atoms with Crippen molar-refractivity contribution in [3.63, 3.8) is 0 Å². The van der Waals surface area contributed by atoms with Crippen LogP contribution in [0, 0.1) is 5.92 Å². The third kappa shape index (κ3) is 3.07. The minimum atomic E-state index is 0.138. The molecular weight excluding hydrogens is 240 g/mol. The molecule has 4 heteroatoms. The van der Waals surface area contributed by atoms with E-state index in [1.54, 1.807) is 0 Å². The summed E-state index contributed by atoms with van der Waals surface area (Å²) in [6.45, 7) is 2.81. The van der Waals surface area contributed by atoms with Crippen molar-refractivity contribution in [1.82, 2.24) is 5.32 Å². The summed E-state index contributed by atoms with van der Waals surface area (Å²) in [7, 11) is 0. The second-order valence-electron chi connectivity index (χ2n) is 5.29. The van der Waals surface area contributed by atoms with Gasteiger partial charge in [0.25, 0.3) is 0 Å². The summed E-state index contributed by atoms with van der Waals surface area (Å²) >= 11 is 0. The second-order valence-corrected chi connectivity index (χ2v) is 5.29. The molecule has 0 bridgehead atoms. The third-order valence-electron chi connectivity index (χ3n) is 3.65. The van der Waals surface area contributed by atoms with Crippen molar-refractivity contribution in [2.45, 2.75) is 19.3 Å². The molecule has 4 nitrogen and oxygen atoms in total. The van der Waals surface area contributed by atoms with Gasteiger partial charge < -0.3 is 15.0 Å². The minimum absolute atomic E-state index is 0.138. The van der Waals surface area contributed by atoms with E-state index in [-0.39, 0.29) is 5.91 Å². The molecule has 19 heavy (non-hydrogen) atoms. The Labute approximate surface area is 113 Å². The average Bonchev–Trinajstić information content (AvgIpc) is 3.24. The van der Waals surface area contributed by atoms with Crippen LogP contribution in [0.3, 0.4) is 0 Å². The number of hydrogen-bond donors (Lipinski definition) is 1. The number of nitrogens with one attached hydrogen (secondary N) is 1. The topological polar surface area (TPSA) is 41.6 Å². The Bertz CT molecular complexity index is 457. The number of hydrogen-bond acceptors (Lipinski definition) is 3. The smallest absolute Gasteiger partial charge is 0.241 e. The van der Waals surface area contributed by atoms with Crippen molar-refractivity contribution in [2.75, 3.05) is 31.1 Å². The first kappa shape index (κ1) is 12.5. The molecule has 1 N–H and O–H groups in total. The van der Waals surface area contributed by atoms with E-state index in [0.29, 0.717) is 13.2 Å². The quantitative estimate of drug-likeness (QED) is 0.897. The molecule has 0 saturated heterocycles. The molecule has 1 saturated carbocycles.